The Morgan fingerprint density at radius 3 is 2.36 bits per heavy atom. The van der Waals surface area contributed by atoms with E-state index in [0.717, 1.165) is 0 Å². The van der Waals surface area contributed by atoms with Gasteiger partial charge in [0.25, 0.3) is 0 Å². The maximum Gasteiger partial charge on any atom is 0.321 e. The minimum atomic E-state index is -0.497. The minimum absolute atomic E-state index is 0.360. The summed E-state index contributed by atoms with van der Waals surface area (Å²) in [6.45, 7) is 8.20. The number of carbonyl (C=O) groups is 2. The van der Waals surface area contributed by atoms with Crippen molar-refractivity contribution in [3.8, 4) is 11.5 Å². The van der Waals surface area contributed by atoms with E-state index in [2.05, 4.69) is 10.6 Å². The van der Waals surface area contributed by atoms with Gasteiger partial charge in [0.2, 0.25) is 5.91 Å². The molecule has 2 N–H and O–H groups in total. The number of hydrogen-bond acceptors (Lipinski definition) is 5. The standard InChI is InChI=1S/C18H29N3O4/c1-13(16(22)19-17(23)20-18(2,3)4)21(5)11-12-25-15-10-8-7-9-14(15)24-6/h7-10,13H,11-12H2,1-6H3,(H2,19,20,22,23). The van der Waals surface area contributed by atoms with E-state index in [0.29, 0.717) is 24.7 Å². The molecule has 3 amide bonds. The van der Waals surface area contributed by atoms with Gasteiger partial charge in [0.1, 0.15) is 6.61 Å². The predicted molar refractivity (Wildman–Crippen MR) is 97.0 cm³/mol. The molecular formula is C18H29N3O4. The smallest absolute Gasteiger partial charge is 0.321 e. The molecule has 25 heavy (non-hydrogen) atoms. The summed E-state index contributed by atoms with van der Waals surface area (Å²) in [4.78, 5) is 25.7. The lowest BCUT2D eigenvalue weighted by Crippen LogP contribution is -2.52. The average molecular weight is 351 g/mol. The first kappa shape index (κ1) is 20.8. The molecule has 7 heteroatoms. The fraction of sp³-hybridized carbons (Fsp3) is 0.556. The normalized spacial score (nSPS) is 12.4. The summed E-state index contributed by atoms with van der Waals surface area (Å²) >= 11 is 0. The van der Waals surface area contributed by atoms with Crippen LogP contribution in [0, 0.1) is 0 Å². The third kappa shape index (κ3) is 7.43. The maximum absolute atomic E-state index is 12.1. The highest BCUT2D eigenvalue weighted by Gasteiger charge is 2.22. The third-order valence-electron chi connectivity index (χ3n) is 3.54. The molecule has 1 aromatic carbocycles. The van der Waals surface area contributed by atoms with E-state index in [-0.39, 0.29) is 5.91 Å². The number of nitrogens with zero attached hydrogens (tertiary/aromatic N) is 1. The largest absolute Gasteiger partial charge is 0.493 e. The first-order valence-electron chi connectivity index (χ1n) is 8.23. The number of nitrogens with one attached hydrogen (secondary N) is 2. The zero-order valence-electron chi connectivity index (χ0n) is 15.9. The number of rotatable bonds is 7. The monoisotopic (exact) mass is 351 g/mol. The number of urea groups is 1. The number of amides is 3. The highest BCUT2D eigenvalue weighted by atomic mass is 16.5. The van der Waals surface area contributed by atoms with Crippen LogP contribution in [0.15, 0.2) is 24.3 Å². The van der Waals surface area contributed by atoms with Gasteiger partial charge in [-0.2, -0.15) is 0 Å². The molecular weight excluding hydrogens is 322 g/mol. The summed E-state index contributed by atoms with van der Waals surface area (Å²) in [5.41, 5.74) is -0.401. The van der Waals surface area contributed by atoms with E-state index < -0.39 is 17.6 Å². The van der Waals surface area contributed by atoms with E-state index in [9.17, 15) is 9.59 Å². The van der Waals surface area contributed by atoms with E-state index >= 15 is 0 Å². The van der Waals surface area contributed by atoms with E-state index in [1.54, 1.807) is 21.1 Å². The zero-order valence-corrected chi connectivity index (χ0v) is 15.9. The van der Waals surface area contributed by atoms with Gasteiger partial charge in [0.15, 0.2) is 11.5 Å². The molecule has 0 aromatic heterocycles. The topological polar surface area (TPSA) is 79.9 Å². The van der Waals surface area contributed by atoms with Gasteiger partial charge < -0.3 is 14.8 Å². The van der Waals surface area contributed by atoms with Crippen LogP contribution in [0.4, 0.5) is 4.79 Å². The van der Waals surface area contributed by atoms with Gasteiger partial charge in [0, 0.05) is 12.1 Å². The number of ether oxygens (including phenoxy) is 2. The van der Waals surface area contributed by atoms with Crippen LogP contribution in [0.5, 0.6) is 11.5 Å². The van der Waals surface area contributed by atoms with Gasteiger partial charge >= 0.3 is 6.03 Å². The summed E-state index contributed by atoms with van der Waals surface area (Å²) < 4.78 is 10.9. The average Bonchev–Trinajstić information content (AvgIpc) is 2.52. The van der Waals surface area contributed by atoms with Crippen LogP contribution in [-0.4, -0.2) is 55.7 Å². The second kappa shape index (κ2) is 9.27. The summed E-state index contributed by atoms with van der Waals surface area (Å²) in [5.74, 6) is 0.955. The van der Waals surface area contributed by atoms with Crippen LogP contribution in [0.3, 0.4) is 0 Å². The van der Waals surface area contributed by atoms with E-state index in [4.69, 9.17) is 9.47 Å². The molecule has 0 aliphatic heterocycles. The molecule has 0 heterocycles. The van der Waals surface area contributed by atoms with Crippen molar-refractivity contribution in [1.29, 1.82) is 0 Å². The second-order valence-electron chi connectivity index (χ2n) is 6.85. The third-order valence-corrected chi connectivity index (χ3v) is 3.54. The molecule has 1 unspecified atom stereocenters. The Morgan fingerprint density at radius 1 is 1.20 bits per heavy atom. The Hall–Kier alpha value is -2.28. The van der Waals surface area contributed by atoms with Crippen LogP contribution in [0.2, 0.25) is 0 Å². The quantitative estimate of drug-likeness (QED) is 0.786. The fourth-order valence-electron chi connectivity index (χ4n) is 2.02. The van der Waals surface area contributed by atoms with Gasteiger partial charge in [-0.25, -0.2) is 4.79 Å². The van der Waals surface area contributed by atoms with Gasteiger partial charge in [-0.15, -0.1) is 0 Å². The van der Waals surface area contributed by atoms with Crippen LogP contribution >= 0.6 is 0 Å². The number of imide groups is 1. The molecule has 0 aliphatic rings. The van der Waals surface area contributed by atoms with Crippen molar-refractivity contribution in [2.75, 3.05) is 27.3 Å². The maximum atomic E-state index is 12.1. The van der Waals surface area contributed by atoms with Crippen LogP contribution in [0.1, 0.15) is 27.7 Å². The molecule has 0 saturated carbocycles. The molecule has 7 nitrogen and oxygen atoms in total. The van der Waals surface area contributed by atoms with Gasteiger partial charge in [-0.1, -0.05) is 12.1 Å². The first-order valence-corrected chi connectivity index (χ1v) is 8.23. The molecule has 0 bridgehead atoms. The zero-order chi connectivity index (χ0) is 19.0. The Bertz CT molecular complexity index is 584. The lowest BCUT2D eigenvalue weighted by atomic mass is 10.1. The first-order chi connectivity index (χ1) is 11.6. The van der Waals surface area contributed by atoms with E-state index in [1.165, 1.54) is 0 Å². The number of para-hydroxylation sites is 2. The van der Waals surface area contributed by atoms with Crippen molar-refractivity contribution in [3.05, 3.63) is 24.3 Å². The van der Waals surface area contributed by atoms with Crippen molar-refractivity contribution >= 4 is 11.9 Å². The van der Waals surface area contributed by atoms with Crippen molar-refractivity contribution in [2.45, 2.75) is 39.3 Å². The van der Waals surface area contributed by atoms with Crippen molar-refractivity contribution in [1.82, 2.24) is 15.5 Å². The number of methoxy groups -OCH3 is 1. The number of carbonyl (C=O) groups excluding carboxylic acids is 2. The van der Waals surface area contributed by atoms with Crippen molar-refractivity contribution in [3.63, 3.8) is 0 Å². The molecule has 0 spiro atoms. The summed E-state index contributed by atoms with van der Waals surface area (Å²) in [7, 11) is 3.39. The molecule has 140 valence electrons. The fourth-order valence-corrected chi connectivity index (χ4v) is 2.02. The predicted octanol–water partition coefficient (Wildman–Crippen LogP) is 2.02. The summed E-state index contributed by atoms with van der Waals surface area (Å²) in [6.07, 6.45) is 0. The van der Waals surface area contributed by atoms with Gasteiger partial charge in [-0.3, -0.25) is 15.0 Å². The lowest BCUT2D eigenvalue weighted by molar-refractivity contribution is -0.124. The molecule has 1 aromatic rings. The molecule has 0 aliphatic carbocycles. The Labute approximate surface area is 149 Å². The van der Waals surface area contributed by atoms with Crippen LogP contribution < -0.4 is 20.1 Å². The van der Waals surface area contributed by atoms with Crippen molar-refractivity contribution < 1.29 is 19.1 Å². The highest BCUT2D eigenvalue weighted by Crippen LogP contribution is 2.25. The SMILES string of the molecule is COc1ccccc1OCCN(C)C(C)C(=O)NC(=O)NC(C)(C)C. The lowest BCUT2D eigenvalue weighted by Gasteiger charge is -2.25. The van der Waals surface area contributed by atoms with Gasteiger partial charge in [0.05, 0.1) is 13.2 Å². The van der Waals surface area contributed by atoms with E-state index in [1.807, 2.05) is 49.9 Å². The summed E-state index contributed by atoms with van der Waals surface area (Å²) in [5, 5.41) is 5.05. The van der Waals surface area contributed by atoms with Crippen LogP contribution in [-0.2, 0) is 4.79 Å². The van der Waals surface area contributed by atoms with Crippen molar-refractivity contribution in [2.24, 2.45) is 0 Å². The van der Waals surface area contributed by atoms with Crippen LogP contribution in [0.25, 0.3) is 0 Å². The molecule has 0 radical (unpaired) electrons. The van der Waals surface area contributed by atoms with Gasteiger partial charge in [-0.05, 0) is 46.9 Å². The number of likely N-dealkylation sites (N-methyl/N-ethyl adjacent to an activating group) is 1. The molecule has 0 fully saturated rings. The molecule has 1 rings (SSSR count). The Kier molecular flexibility index (Phi) is 7.70. The Balaban J connectivity index is 2.44. The Morgan fingerprint density at radius 2 is 1.80 bits per heavy atom. The molecule has 0 saturated heterocycles. The summed E-state index contributed by atoms with van der Waals surface area (Å²) in [6, 6.07) is 6.42. The number of benzene rings is 1. The minimum Gasteiger partial charge on any atom is -0.493 e. The highest BCUT2D eigenvalue weighted by molar-refractivity contribution is 5.97. The molecule has 1 atom stereocenters. The second-order valence-corrected chi connectivity index (χ2v) is 6.85. The number of hydrogen-bond donors (Lipinski definition) is 2.